The minimum Gasteiger partial charge on any atom is -0.461 e. The maximum atomic E-state index is 13.4. The number of amidine groups is 1. The molecule has 5 unspecified atom stereocenters. The highest BCUT2D eigenvalue weighted by Gasteiger charge is 2.52. The van der Waals surface area contributed by atoms with E-state index in [9.17, 15) is 19.2 Å². The summed E-state index contributed by atoms with van der Waals surface area (Å²) in [4.78, 5) is 51.6. The minimum absolute atomic E-state index is 0.115. The first kappa shape index (κ1) is 27.5. The Morgan fingerprint density at radius 3 is 2.18 bits per heavy atom. The number of hydrogen-bond acceptors (Lipinski definition) is 9. The lowest BCUT2D eigenvalue weighted by Crippen LogP contribution is -2.44. The van der Waals surface area contributed by atoms with Crippen LogP contribution in [-0.4, -0.2) is 54.8 Å². The molecule has 2 N–H and O–H groups in total. The zero-order valence-electron chi connectivity index (χ0n) is 19.8. The smallest absolute Gasteiger partial charge is 0.317 e. The third kappa shape index (κ3) is 6.03. The van der Waals surface area contributed by atoms with E-state index >= 15 is 0 Å². The molecule has 0 radical (unpaired) electrons. The van der Waals surface area contributed by atoms with Crippen molar-refractivity contribution >= 4 is 52.3 Å². The van der Waals surface area contributed by atoms with Crippen LogP contribution >= 0.6 is 23.0 Å². The van der Waals surface area contributed by atoms with Crippen LogP contribution in [0.1, 0.15) is 47.5 Å². The van der Waals surface area contributed by atoms with Crippen molar-refractivity contribution in [3.05, 3.63) is 0 Å². The van der Waals surface area contributed by atoms with Crippen LogP contribution in [0.25, 0.3) is 0 Å². The Balaban J connectivity index is 2.49. The van der Waals surface area contributed by atoms with E-state index in [-0.39, 0.29) is 24.0 Å². The zero-order valence-corrected chi connectivity index (χ0v) is 22.0. The third-order valence-electron chi connectivity index (χ3n) is 6.93. The molecule has 2 fully saturated rings. The highest BCUT2D eigenvalue weighted by molar-refractivity contribution is 14.1. The summed E-state index contributed by atoms with van der Waals surface area (Å²) < 4.78 is 21.2. The summed E-state index contributed by atoms with van der Waals surface area (Å²) in [5, 5.41) is 3.66. The van der Waals surface area contributed by atoms with Crippen LogP contribution in [0.4, 0.5) is 0 Å². The Hall–Kier alpha value is -1.76. The fourth-order valence-electron chi connectivity index (χ4n) is 5.06. The van der Waals surface area contributed by atoms with E-state index in [0.717, 1.165) is 0 Å². The maximum Gasteiger partial charge on any atom is 0.317 e. The third-order valence-corrected chi connectivity index (χ3v) is 7.13. The number of nitrogens with two attached hydrogens (primary N) is 1. The molecule has 0 aromatic rings. The Morgan fingerprint density at radius 2 is 1.64 bits per heavy atom. The maximum absolute atomic E-state index is 13.4. The summed E-state index contributed by atoms with van der Waals surface area (Å²) in [6.45, 7) is 8.28. The van der Waals surface area contributed by atoms with Crippen molar-refractivity contribution in [2.75, 3.05) is 13.7 Å². The molecule has 0 aliphatic carbocycles. The highest BCUT2D eigenvalue weighted by Crippen LogP contribution is 2.39. The molecule has 0 saturated carbocycles. The Kier molecular flexibility index (Phi) is 9.25. The van der Waals surface area contributed by atoms with Gasteiger partial charge in [0.2, 0.25) is 23.0 Å². The number of oxime groups is 1. The first-order valence-corrected chi connectivity index (χ1v) is 11.9. The first-order chi connectivity index (χ1) is 15.4. The number of methoxy groups -OCH3 is 1. The summed E-state index contributed by atoms with van der Waals surface area (Å²) in [5.41, 5.74) is 5.20. The second-order valence-electron chi connectivity index (χ2n) is 9.43. The second-order valence-corrected chi connectivity index (χ2v) is 9.82. The van der Waals surface area contributed by atoms with Gasteiger partial charge in [0.1, 0.15) is 36.1 Å². The van der Waals surface area contributed by atoms with Gasteiger partial charge in [0, 0.05) is 30.8 Å². The number of rotatable bonds is 3. The second kappa shape index (κ2) is 11.1. The molecule has 2 aliphatic heterocycles. The van der Waals surface area contributed by atoms with E-state index in [1.807, 2.05) is 6.92 Å². The number of halogens is 1. The molecule has 2 heterocycles. The SMILES string of the molecule is CO[C@@]1(C)CC(C)C(=O)C(C)C(=O)OCC2OC(=O)C(/C(N)=N/OI)C2[C@@H](C)C(=O)[C@H](C)C1. The Morgan fingerprint density at radius 1 is 1.06 bits per heavy atom. The number of Topliss-reactive ketones (excluding diaryl/α,β-unsaturated/α-hetero) is 2. The van der Waals surface area contributed by atoms with Crippen LogP contribution < -0.4 is 5.73 Å². The van der Waals surface area contributed by atoms with Crippen LogP contribution in [0.15, 0.2) is 5.16 Å². The lowest BCUT2D eigenvalue weighted by atomic mass is 9.73. The van der Waals surface area contributed by atoms with Crippen LogP contribution in [0.3, 0.4) is 0 Å². The first-order valence-electron chi connectivity index (χ1n) is 11.0. The fraction of sp³-hybridized carbons (Fsp3) is 0.773. The molecule has 10 nitrogen and oxygen atoms in total. The van der Waals surface area contributed by atoms with Gasteiger partial charge in [-0.25, -0.2) is 0 Å². The number of ketones is 2. The van der Waals surface area contributed by atoms with Gasteiger partial charge >= 0.3 is 11.9 Å². The van der Waals surface area contributed by atoms with Gasteiger partial charge in [-0.3, -0.25) is 19.2 Å². The van der Waals surface area contributed by atoms with Crippen molar-refractivity contribution in [1.29, 1.82) is 0 Å². The van der Waals surface area contributed by atoms with Crippen molar-refractivity contribution in [3.8, 4) is 0 Å². The average Bonchev–Trinajstić information content (AvgIpc) is 3.10. The van der Waals surface area contributed by atoms with Gasteiger partial charge in [0.15, 0.2) is 5.84 Å². The zero-order chi connectivity index (χ0) is 25.1. The van der Waals surface area contributed by atoms with Crippen molar-refractivity contribution in [2.24, 2.45) is 46.4 Å². The van der Waals surface area contributed by atoms with Crippen molar-refractivity contribution in [2.45, 2.75) is 59.2 Å². The minimum atomic E-state index is -1.03. The van der Waals surface area contributed by atoms with Gasteiger partial charge < -0.3 is 23.1 Å². The molecule has 33 heavy (non-hydrogen) atoms. The normalized spacial score (nSPS) is 39.4. The molecule has 0 bridgehead atoms. The van der Waals surface area contributed by atoms with Crippen molar-refractivity contribution in [3.63, 3.8) is 0 Å². The lowest BCUT2D eigenvalue weighted by Gasteiger charge is -2.35. The van der Waals surface area contributed by atoms with E-state index in [2.05, 4.69) is 5.16 Å². The molecule has 11 heteroatoms. The van der Waals surface area contributed by atoms with Gasteiger partial charge in [0.05, 0.1) is 5.60 Å². The van der Waals surface area contributed by atoms with E-state index in [0.29, 0.717) is 12.8 Å². The molecule has 2 aliphatic rings. The van der Waals surface area contributed by atoms with E-state index in [1.165, 1.54) is 37.0 Å². The largest absolute Gasteiger partial charge is 0.461 e. The lowest BCUT2D eigenvalue weighted by molar-refractivity contribution is -0.160. The van der Waals surface area contributed by atoms with Gasteiger partial charge in [-0.05, 0) is 26.7 Å². The Labute approximate surface area is 207 Å². The fourth-order valence-corrected chi connectivity index (χ4v) is 5.29. The number of esters is 2. The predicted molar refractivity (Wildman–Crippen MR) is 126 cm³/mol. The van der Waals surface area contributed by atoms with Crippen LogP contribution in [0.2, 0.25) is 0 Å². The monoisotopic (exact) mass is 580 g/mol. The molecular formula is C22H33IN2O8. The van der Waals surface area contributed by atoms with E-state index in [4.69, 9.17) is 23.1 Å². The number of nitrogens with zero attached hydrogens (tertiary/aromatic N) is 1. The molecule has 0 spiro atoms. The van der Waals surface area contributed by atoms with Crippen LogP contribution in [0.5, 0.6) is 0 Å². The molecular weight excluding hydrogens is 547 g/mol. The molecule has 186 valence electrons. The number of ether oxygens (including phenoxy) is 3. The predicted octanol–water partition coefficient (Wildman–Crippen LogP) is 2.21. The molecule has 0 aromatic carbocycles. The van der Waals surface area contributed by atoms with Gasteiger partial charge in [-0.2, -0.15) is 0 Å². The molecule has 8 atom stereocenters. The van der Waals surface area contributed by atoms with Gasteiger partial charge in [0.25, 0.3) is 0 Å². The quantitative estimate of drug-likeness (QED) is 0.133. The number of hydrogen-bond donors (Lipinski definition) is 1. The summed E-state index contributed by atoms with van der Waals surface area (Å²) in [6, 6.07) is 0. The summed E-state index contributed by atoms with van der Waals surface area (Å²) >= 11 is 1.51. The number of cyclic esters (lactones) is 1. The van der Waals surface area contributed by atoms with E-state index < -0.39 is 59.2 Å². The number of fused-ring (bicyclic) bond motifs is 1. The number of carbonyl (C=O) groups is 4. The van der Waals surface area contributed by atoms with Gasteiger partial charge in [-0.15, -0.1) is 0 Å². The van der Waals surface area contributed by atoms with Crippen LogP contribution in [-0.2, 0) is 36.6 Å². The molecule has 0 aromatic heterocycles. The van der Waals surface area contributed by atoms with Crippen molar-refractivity contribution in [1.82, 2.24) is 0 Å². The summed E-state index contributed by atoms with van der Waals surface area (Å²) in [7, 11) is 1.54. The molecule has 0 amide bonds. The Bertz CT molecular complexity index is 818. The van der Waals surface area contributed by atoms with E-state index in [1.54, 1.807) is 20.8 Å². The number of carbonyl (C=O) groups excluding carboxylic acids is 4. The molecule has 2 rings (SSSR count). The topological polar surface area (TPSA) is 144 Å². The summed E-state index contributed by atoms with van der Waals surface area (Å²) in [6.07, 6.45) is -0.216. The highest BCUT2D eigenvalue weighted by atomic mass is 127. The average molecular weight is 580 g/mol. The van der Waals surface area contributed by atoms with Crippen LogP contribution in [0, 0.1) is 35.5 Å². The van der Waals surface area contributed by atoms with Gasteiger partial charge in [-0.1, -0.05) is 25.9 Å². The standard InChI is InChI=1S/C22H33IN2O8/c1-10-7-22(5,30-6)8-11(2)18(27)13(4)20(28)31-9-14-15(12(3)17(10)26)16(21(29)32-14)19(24)25-33-23/h10-16H,7-9H2,1-6H3,(H2,24,25)/t10-,11?,12-,13?,14?,15?,16?,22-/m1/s1. The summed E-state index contributed by atoms with van der Waals surface area (Å²) in [5.74, 6) is -6.24. The van der Waals surface area contributed by atoms with Crippen molar-refractivity contribution < 1.29 is 36.6 Å². The molecule has 2 saturated heterocycles.